The first-order chi connectivity index (χ1) is 16.1. The molecule has 1 fully saturated rings. The average molecular weight is 495 g/mol. The lowest BCUT2D eigenvalue weighted by Crippen LogP contribution is -2.45. The zero-order valence-electron chi connectivity index (χ0n) is 18.3. The van der Waals surface area contributed by atoms with E-state index in [4.69, 9.17) is 16.3 Å². The number of carbonyl (C=O) groups excluding carboxylic acids is 3. The minimum Gasteiger partial charge on any atom is -0.497 e. The Morgan fingerprint density at radius 1 is 1.15 bits per heavy atom. The fourth-order valence-electron chi connectivity index (χ4n) is 4.70. The maximum absolute atomic E-state index is 13.4. The topological polar surface area (TPSA) is 75.7 Å². The van der Waals surface area contributed by atoms with Crippen LogP contribution in [-0.2, 0) is 17.4 Å². The van der Waals surface area contributed by atoms with Gasteiger partial charge in [-0.05, 0) is 61.2 Å². The quantitative estimate of drug-likeness (QED) is 0.633. The molecule has 1 heterocycles. The van der Waals surface area contributed by atoms with E-state index in [1.807, 2.05) is 6.07 Å². The molecule has 2 aliphatic rings. The number of methoxy groups -OCH3 is 1. The van der Waals surface area contributed by atoms with Crippen molar-refractivity contribution in [2.45, 2.75) is 25.4 Å². The molecule has 0 radical (unpaired) electrons. The van der Waals surface area contributed by atoms with E-state index < -0.39 is 34.8 Å². The number of amides is 2. The lowest BCUT2D eigenvalue weighted by Gasteiger charge is -2.38. The van der Waals surface area contributed by atoms with Crippen LogP contribution in [0.15, 0.2) is 36.4 Å². The van der Waals surface area contributed by atoms with E-state index in [0.717, 1.165) is 17.7 Å². The van der Waals surface area contributed by atoms with Crippen molar-refractivity contribution < 1.29 is 32.3 Å². The second-order valence-electron chi connectivity index (χ2n) is 8.58. The number of hydrogen-bond acceptors (Lipinski definition) is 4. The molecular weight excluding hydrogens is 473 g/mol. The minimum atomic E-state index is -4.70. The number of Topliss-reactive ketones (excluding diaryl/α,β-unsaturated/α-hetero) is 1. The largest absolute Gasteiger partial charge is 0.497 e. The highest BCUT2D eigenvalue weighted by atomic mass is 35.5. The highest BCUT2D eigenvalue weighted by Crippen LogP contribution is 2.45. The lowest BCUT2D eigenvalue weighted by atomic mass is 9.75. The zero-order valence-corrected chi connectivity index (χ0v) is 19.1. The Kier molecular flexibility index (Phi) is 6.33. The molecule has 1 aliphatic heterocycles. The number of carbonyl (C=O) groups is 3. The molecule has 1 N–H and O–H groups in total. The second kappa shape index (κ2) is 8.94. The molecule has 34 heavy (non-hydrogen) atoms. The molecule has 2 amide bonds. The number of alkyl halides is 4. The first-order valence-electron chi connectivity index (χ1n) is 10.7. The fourth-order valence-corrected chi connectivity index (χ4v) is 4.77. The van der Waals surface area contributed by atoms with E-state index in [9.17, 15) is 27.6 Å². The van der Waals surface area contributed by atoms with E-state index in [2.05, 4.69) is 5.32 Å². The van der Waals surface area contributed by atoms with Gasteiger partial charge in [0.25, 0.3) is 5.91 Å². The van der Waals surface area contributed by atoms with Crippen molar-refractivity contribution in [3.05, 3.63) is 58.7 Å². The van der Waals surface area contributed by atoms with Crippen LogP contribution in [0.1, 0.15) is 44.7 Å². The molecule has 4 rings (SSSR count). The van der Waals surface area contributed by atoms with Gasteiger partial charge in [0.05, 0.1) is 12.7 Å². The molecule has 180 valence electrons. The number of ether oxygens (including phenoxy) is 1. The number of likely N-dealkylation sites (tertiary alicyclic amines) is 1. The Morgan fingerprint density at radius 2 is 1.85 bits per heavy atom. The monoisotopic (exact) mass is 494 g/mol. The number of anilines is 1. The van der Waals surface area contributed by atoms with E-state index in [0.29, 0.717) is 30.6 Å². The van der Waals surface area contributed by atoms with Crippen LogP contribution in [0.4, 0.5) is 18.9 Å². The molecule has 1 spiro atoms. The molecule has 1 saturated heterocycles. The Balaban J connectivity index is 1.53. The molecule has 0 saturated carbocycles. The first-order valence-corrected chi connectivity index (χ1v) is 11.2. The number of benzene rings is 2. The molecule has 0 aromatic heterocycles. The maximum Gasteiger partial charge on any atom is 0.416 e. The minimum absolute atomic E-state index is 0.0300. The summed E-state index contributed by atoms with van der Waals surface area (Å²) < 4.78 is 45.4. The third kappa shape index (κ3) is 4.49. The number of fused-ring (bicyclic) bond motifs is 1. The van der Waals surface area contributed by atoms with E-state index >= 15 is 0 Å². The van der Waals surface area contributed by atoms with Crippen LogP contribution in [0.25, 0.3) is 0 Å². The van der Waals surface area contributed by atoms with Gasteiger partial charge >= 0.3 is 6.18 Å². The van der Waals surface area contributed by atoms with Crippen LogP contribution < -0.4 is 10.1 Å². The standard InChI is InChI=1S/C24H22ClF3N2O4/c1-34-18-2-3-19-15(10-18)12-23(21(19)32)4-6-30(7-5-23)22(33)14-8-16(24(26,27)28)11-17(9-14)29-20(31)13-25/h2-3,8-11H,4-7,12-13H2,1H3,(H,29,31). The molecule has 10 heteroatoms. The molecule has 0 bridgehead atoms. The SMILES string of the molecule is COc1ccc2c(c1)CC1(CCN(C(=O)c3cc(NC(=O)CCl)cc(C(F)(F)F)c3)CC1)C2=O. The van der Waals surface area contributed by atoms with Crippen molar-refractivity contribution in [3.8, 4) is 5.75 Å². The third-order valence-corrected chi connectivity index (χ3v) is 6.73. The molecule has 0 atom stereocenters. The fraction of sp³-hybridized carbons (Fsp3) is 0.375. The van der Waals surface area contributed by atoms with Crippen molar-refractivity contribution in [2.24, 2.45) is 5.41 Å². The summed E-state index contributed by atoms with van der Waals surface area (Å²) in [6.45, 7) is 0.463. The van der Waals surface area contributed by atoms with Crippen molar-refractivity contribution in [1.29, 1.82) is 0 Å². The van der Waals surface area contributed by atoms with E-state index in [1.165, 1.54) is 11.0 Å². The first kappa shape index (κ1) is 24.1. The lowest BCUT2D eigenvalue weighted by molar-refractivity contribution is -0.137. The number of ketones is 1. The highest BCUT2D eigenvalue weighted by Gasteiger charge is 2.47. The van der Waals surface area contributed by atoms with Crippen LogP contribution in [0.2, 0.25) is 0 Å². The average Bonchev–Trinajstić information content (AvgIpc) is 3.08. The summed E-state index contributed by atoms with van der Waals surface area (Å²) >= 11 is 5.43. The summed E-state index contributed by atoms with van der Waals surface area (Å²) in [6.07, 6.45) is -3.35. The molecule has 1 aliphatic carbocycles. The highest BCUT2D eigenvalue weighted by molar-refractivity contribution is 6.29. The van der Waals surface area contributed by atoms with Gasteiger partial charge in [-0.15, -0.1) is 11.6 Å². The zero-order chi connectivity index (χ0) is 24.7. The van der Waals surface area contributed by atoms with Gasteiger partial charge < -0.3 is 15.0 Å². The third-order valence-electron chi connectivity index (χ3n) is 6.49. The maximum atomic E-state index is 13.4. The van der Waals surface area contributed by atoms with E-state index in [1.54, 1.807) is 19.2 Å². The molecule has 0 unspecified atom stereocenters. The summed E-state index contributed by atoms with van der Waals surface area (Å²) in [5, 5.41) is 2.27. The van der Waals surface area contributed by atoms with Gasteiger partial charge in [0.2, 0.25) is 5.91 Å². The molecular formula is C24H22ClF3N2O4. The van der Waals surface area contributed by atoms with Gasteiger partial charge in [-0.3, -0.25) is 14.4 Å². The van der Waals surface area contributed by atoms with Gasteiger partial charge in [0, 0.05) is 35.3 Å². The Hall–Kier alpha value is -3.07. The Labute approximate surface area is 199 Å². The summed E-state index contributed by atoms with van der Waals surface area (Å²) in [4.78, 5) is 39.2. The van der Waals surface area contributed by atoms with Gasteiger partial charge in [0.15, 0.2) is 5.78 Å². The van der Waals surface area contributed by atoms with Gasteiger partial charge in [0.1, 0.15) is 11.6 Å². The Bertz CT molecular complexity index is 1160. The van der Waals surface area contributed by atoms with Crippen LogP contribution in [0, 0.1) is 5.41 Å². The smallest absolute Gasteiger partial charge is 0.416 e. The van der Waals surface area contributed by atoms with Gasteiger partial charge in [-0.2, -0.15) is 13.2 Å². The number of piperidine rings is 1. The summed E-state index contributed by atoms with van der Waals surface area (Å²) in [5.74, 6) is -1.02. The van der Waals surface area contributed by atoms with Crippen LogP contribution >= 0.6 is 11.6 Å². The predicted molar refractivity (Wildman–Crippen MR) is 119 cm³/mol. The van der Waals surface area contributed by atoms with Crippen molar-refractivity contribution >= 4 is 34.9 Å². The van der Waals surface area contributed by atoms with Crippen molar-refractivity contribution in [1.82, 2.24) is 4.90 Å². The van der Waals surface area contributed by atoms with Crippen LogP contribution in [0.3, 0.4) is 0 Å². The van der Waals surface area contributed by atoms with Crippen LogP contribution in [0.5, 0.6) is 5.75 Å². The summed E-state index contributed by atoms with van der Waals surface area (Å²) in [6, 6.07) is 8.07. The summed E-state index contributed by atoms with van der Waals surface area (Å²) in [7, 11) is 1.55. The molecule has 2 aromatic carbocycles. The Morgan fingerprint density at radius 3 is 2.47 bits per heavy atom. The number of nitrogens with zero attached hydrogens (tertiary/aromatic N) is 1. The number of rotatable bonds is 4. The number of hydrogen-bond donors (Lipinski definition) is 1. The van der Waals surface area contributed by atoms with E-state index in [-0.39, 0.29) is 30.1 Å². The number of nitrogens with one attached hydrogen (secondary N) is 1. The predicted octanol–water partition coefficient (Wildman–Crippen LogP) is 4.55. The van der Waals surface area contributed by atoms with Crippen LogP contribution in [-0.4, -0.2) is 48.6 Å². The molecule has 6 nitrogen and oxygen atoms in total. The van der Waals surface area contributed by atoms with Gasteiger partial charge in [-0.1, -0.05) is 0 Å². The van der Waals surface area contributed by atoms with Crippen molar-refractivity contribution in [3.63, 3.8) is 0 Å². The molecule has 2 aromatic rings. The summed E-state index contributed by atoms with van der Waals surface area (Å²) in [5.41, 5.74) is -0.473. The number of halogens is 4. The second-order valence-corrected chi connectivity index (χ2v) is 8.85. The van der Waals surface area contributed by atoms with Crippen molar-refractivity contribution in [2.75, 3.05) is 31.4 Å². The van der Waals surface area contributed by atoms with Gasteiger partial charge in [-0.25, -0.2) is 0 Å². The normalized spacial score (nSPS) is 17.0.